The van der Waals surface area contributed by atoms with Crippen molar-refractivity contribution in [3.8, 4) is 11.5 Å². The molecule has 0 spiro atoms. The number of rotatable bonds is 10. The number of hydrogen-bond acceptors (Lipinski definition) is 6. The van der Waals surface area contributed by atoms with E-state index >= 15 is 0 Å². The second-order valence-electron chi connectivity index (χ2n) is 8.63. The monoisotopic (exact) mass is 554 g/mol. The van der Waals surface area contributed by atoms with Crippen molar-refractivity contribution in [3.05, 3.63) is 88.2 Å². The highest BCUT2D eigenvalue weighted by Gasteiger charge is 2.15. The topological polar surface area (TPSA) is 118 Å². The lowest BCUT2D eigenvalue weighted by Crippen LogP contribution is -2.37. The van der Waals surface area contributed by atoms with Crippen molar-refractivity contribution >= 4 is 41.2 Å². The molecular formula is C28H28ClFN4O5. The smallest absolute Gasteiger partial charge is 0.329 e. The maximum atomic E-state index is 13.7. The number of amides is 3. The van der Waals surface area contributed by atoms with Crippen LogP contribution in [0.1, 0.15) is 36.5 Å². The van der Waals surface area contributed by atoms with Gasteiger partial charge in [-0.3, -0.25) is 14.4 Å². The Morgan fingerprint density at radius 2 is 1.77 bits per heavy atom. The van der Waals surface area contributed by atoms with Gasteiger partial charge in [-0.05, 0) is 46.9 Å². The van der Waals surface area contributed by atoms with Crippen molar-refractivity contribution in [2.45, 2.75) is 26.3 Å². The fourth-order valence-corrected chi connectivity index (χ4v) is 3.61. The number of para-hydroxylation sites is 1. The normalized spacial score (nSPS) is 10.8. The summed E-state index contributed by atoms with van der Waals surface area (Å²) in [4.78, 5) is 36.3. The molecule has 0 aromatic heterocycles. The third-order valence-electron chi connectivity index (χ3n) is 5.43. The van der Waals surface area contributed by atoms with E-state index in [-0.39, 0.29) is 28.8 Å². The summed E-state index contributed by atoms with van der Waals surface area (Å²) in [6.45, 7) is 3.92. The van der Waals surface area contributed by atoms with Gasteiger partial charge in [0.2, 0.25) is 0 Å². The summed E-state index contributed by atoms with van der Waals surface area (Å²) in [5.41, 5.74) is 4.63. The van der Waals surface area contributed by atoms with E-state index in [0.717, 1.165) is 5.56 Å². The summed E-state index contributed by atoms with van der Waals surface area (Å²) in [6, 6.07) is 16.4. The van der Waals surface area contributed by atoms with Crippen LogP contribution in [-0.2, 0) is 20.9 Å². The predicted octanol–water partition coefficient (Wildman–Crippen LogP) is 4.40. The average Bonchev–Trinajstić information content (AvgIpc) is 2.92. The van der Waals surface area contributed by atoms with Crippen molar-refractivity contribution in [1.82, 2.24) is 10.7 Å². The molecule has 0 heterocycles. The van der Waals surface area contributed by atoms with Crippen molar-refractivity contribution in [1.29, 1.82) is 0 Å². The first-order chi connectivity index (χ1) is 18.7. The molecule has 0 atom stereocenters. The van der Waals surface area contributed by atoms with Gasteiger partial charge in [-0.15, -0.1) is 0 Å². The number of methoxy groups -OCH3 is 1. The zero-order valence-electron chi connectivity index (χ0n) is 21.6. The first-order valence-corrected chi connectivity index (χ1v) is 12.3. The number of hydrazone groups is 1. The highest BCUT2D eigenvalue weighted by Crippen LogP contribution is 2.36. The molecule has 3 aromatic rings. The van der Waals surface area contributed by atoms with Crippen molar-refractivity contribution in [2.75, 3.05) is 19.0 Å². The van der Waals surface area contributed by atoms with E-state index in [4.69, 9.17) is 21.1 Å². The number of benzene rings is 3. The van der Waals surface area contributed by atoms with E-state index < -0.39 is 30.1 Å². The van der Waals surface area contributed by atoms with Gasteiger partial charge < -0.3 is 20.1 Å². The molecule has 3 amide bonds. The van der Waals surface area contributed by atoms with Crippen LogP contribution in [0, 0.1) is 5.82 Å². The van der Waals surface area contributed by atoms with Gasteiger partial charge in [0.1, 0.15) is 5.82 Å². The van der Waals surface area contributed by atoms with E-state index in [1.54, 1.807) is 6.07 Å². The fraction of sp³-hybridized carbons (Fsp3) is 0.214. The number of ether oxygens (including phenoxy) is 2. The Morgan fingerprint density at radius 1 is 1.05 bits per heavy atom. The maximum Gasteiger partial charge on any atom is 0.329 e. The number of halogens is 2. The number of hydrogen-bond donors (Lipinski definition) is 3. The van der Waals surface area contributed by atoms with Crippen LogP contribution in [0.3, 0.4) is 0 Å². The van der Waals surface area contributed by atoms with E-state index in [9.17, 15) is 18.8 Å². The quantitative estimate of drug-likeness (QED) is 0.195. The highest BCUT2D eigenvalue weighted by atomic mass is 35.5. The Balaban J connectivity index is 1.53. The molecule has 3 aromatic carbocycles. The standard InChI is InChI=1S/C28H28ClFN4O5/c1-17(2)20-10-8-18(9-11-20)14-31-27(36)28(37)34-32-15-19-12-21(29)26(24(13-19)38-3)39-16-25(35)33-23-7-5-4-6-22(23)30/h4-13,15,17H,14,16H2,1-3H3,(H,31,36)(H,33,35)(H,34,37)/b32-15-. The van der Waals surface area contributed by atoms with Crippen LogP contribution in [0.2, 0.25) is 5.02 Å². The first-order valence-electron chi connectivity index (χ1n) is 11.9. The molecule has 0 saturated heterocycles. The number of nitrogens with zero attached hydrogens (tertiary/aromatic N) is 1. The molecule has 39 heavy (non-hydrogen) atoms. The predicted molar refractivity (Wildman–Crippen MR) is 147 cm³/mol. The second-order valence-corrected chi connectivity index (χ2v) is 9.04. The summed E-state index contributed by atoms with van der Waals surface area (Å²) in [5, 5.41) is 8.82. The van der Waals surface area contributed by atoms with Crippen LogP contribution < -0.4 is 25.5 Å². The van der Waals surface area contributed by atoms with E-state index in [1.807, 2.05) is 24.3 Å². The van der Waals surface area contributed by atoms with Crippen LogP contribution in [0.25, 0.3) is 0 Å². The SMILES string of the molecule is COc1cc(/C=N\NC(=O)C(=O)NCc2ccc(C(C)C)cc2)cc(Cl)c1OCC(=O)Nc1ccccc1F. The zero-order chi connectivity index (χ0) is 28.4. The molecule has 0 aliphatic heterocycles. The third-order valence-corrected chi connectivity index (χ3v) is 5.71. The molecule has 0 saturated carbocycles. The number of nitrogens with one attached hydrogen (secondary N) is 3. The maximum absolute atomic E-state index is 13.7. The molecule has 3 rings (SSSR count). The number of carbonyl (C=O) groups excluding carboxylic acids is 3. The van der Waals surface area contributed by atoms with Crippen LogP contribution >= 0.6 is 11.6 Å². The Hall–Kier alpha value is -4.44. The van der Waals surface area contributed by atoms with Gasteiger partial charge in [-0.1, -0.05) is 61.8 Å². The van der Waals surface area contributed by atoms with Crippen LogP contribution in [0.4, 0.5) is 10.1 Å². The van der Waals surface area contributed by atoms with Crippen molar-refractivity contribution in [2.24, 2.45) is 5.10 Å². The molecule has 204 valence electrons. The number of carbonyl (C=O) groups is 3. The average molecular weight is 555 g/mol. The molecule has 0 aliphatic carbocycles. The minimum Gasteiger partial charge on any atom is -0.493 e. The second kappa shape index (κ2) is 13.9. The highest BCUT2D eigenvalue weighted by molar-refractivity contribution is 6.35. The van der Waals surface area contributed by atoms with Gasteiger partial charge in [-0.2, -0.15) is 5.10 Å². The molecule has 0 aliphatic rings. The molecule has 0 fully saturated rings. The van der Waals surface area contributed by atoms with Crippen LogP contribution in [0.5, 0.6) is 11.5 Å². The molecule has 9 nitrogen and oxygen atoms in total. The summed E-state index contributed by atoms with van der Waals surface area (Å²) in [6.07, 6.45) is 1.26. The van der Waals surface area contributed by atoms with Gasteiger partial charge in [0.15, 0.2) is 18.1 Å². The van der Waals surface area contributed by atoms with Gasteiger partial charge in [0.05, 0.1) is 24.0 Å². The Morgan fingerprint density at radius 3 is 2.44 bits per heavy atom. The Bertz CT molecular complexity index is 1360. The lowest BCUT2D eigenvalue weighted by Gasteiger charge is -2.13. The van der Waals surface area contributed by atoms with E-state index in [2.05, 4.69) is 35.0 Å². The lowest BCUT2D eigenvalue weighted by atomic mass is 10.0. The van der Waals surface area contributed by atoms with Gasteiger partial charge in [0.25, 0.3) is 5.91 Å². The molecule has 3 N–H and O–H groups in total. The fourth-order valence-electron chi connectivity index (χ4n) is 3.34. The van der Waals surface area contributed by atoms with Crippen LogP contribution in [0.15, 0.2) is 65.8 Å². The van der Waals surface area contributed by atoms with Gasteiger partial charge in [-0.25, -0.2) is 9.82 Å². The summed E-state index contributed by atoms with van der Waals surface area (Å²) in [5.74, 6) is -2.28. The van der Waals surface area contributed by atoms with Crippen LogP contribution in [-0.4, -0.2) is 37.7 Å². The van der Waals surface area contributed by atoms with Crippen molar-refractivity contribution < 1.29 is 28.2 Å². The van der Waals surface area contributed by atoms with Crippen molar-refractivity contribution in [3.63, 3.8) is 0 Å². The first kappa shape index (κ1) is 29.1. The van der Waals surface area contributed by atoms with Gasteiger partial charge >= 0.3 is 11.8 Å². The minimum atomic E-state index is -0.941. The summed E-state index contributed by atoms with van der Waals surface area (Å²) < 4.78 is 24.5. The third kappa shape index (κ3) is 8.54. The summed E-state index contributed by atoms with van der Waals surface area (Å²) in [7, 11) is 1.38. The lowest BCUT2D eigenvalue weighted by molar-refractivity contribution is -0.139. The Kier molecular flexibility index (Phi) is 10.4. The zero-order valence-corrected chi connectivity index (χ0v) is 22.3. The molecule has 11 heteroatoms. The molecule has 0 bridgehead atoms. The van der Waals surface area contributed by atoms with E-state index in [0.29, 0.717) is 11.5 Å². The summed E-state index contributed by atoms with van der Waals surface area (Å²) >= 11 is 6.29. The molecular weight excluding hydrogens is 527 g/mol. The largest absolute Gasteiger partial charge is 0.493 e. The molecule has 0 radical (unpaired) electrons. The van der Waals surface area contributed by atoms with E-state index in [1.165, 1.54) is 49.2 Å². The van der Waals surface area contributed by atoms with Gasteiger partial charge in [0, 0.05) is 6.54 Å². The minimum absolute atomic E-state index is 0.0201. The number of anilines is 1. The Labute approximate surface area is 230 Å². The molecule has 0 unspecified atom stereocenters.